The lowest BCUT2D eigenvalue weighted by atomic mass is 10.2. The van der Waals surface area contributed by atoms with Gasteiger partial charge >= 0.3 is 0 Å². The number of fused-ring (bicyclic) bond motifs is 1. The van der Waals surface area contributed by atoms with E-state index in [9.17, 15) is 0 Å². The fourth-order valence-corrected chi connectivity index (χ4v) is 2.58. The Balaban J connectivity index is 1.78. The van der Waals surface area contributed by atoms with Gasteiger partial charge in [0.15, 0.2) is 0 Å². The van der Waals surface area contributed by atoms with Gasteiger partial charge in [0.25, 0.3) is 0 Å². The van der Waals surface area contributed by atoms with Crippen LogP contribution in [-0.2, 0) is 6.54 Å². The lowest BCUT2D eigenvalue weighted by Crippen LogP contribution is -2.48. The van der Waals surface area contributed by atoms with E-state index in [2.05, 4.69) is 47.5 Å². The first-order chi connectivity index (χ1) is 8.81. The van der Waals surface area contributed by atoms with Crippen molar-refractivity contribution in [3.8, 4) is 0 Å². The van der Waals surface area contributed by atoms with Crippen molar-refractivity contribution in [2.24, 2.45) is 0 Å². The van der Waals surface area contributed by atoms with Gasteiger partial charge < -0.3 is 5.32 Å². The second-order valence-corrected chi connectivity index (χ2v) is 5.09. The summed E-state index contributed by atoms with van der Waals surface area (Å²) in [7, 11) is 0. The van der Waals surface area contributed by atoms with E-state index in [0.29, 0.717) is 6.04 Å². The first kappa shape index (κ1) is 11.6. The van der Waals surface area contributed by atoms with E-state index in [1.54, 1.807) is 0 Å². The summed E-state index contributed by atoms with van der Waals surface area (Å²) in [5, 5.41) is 4.68. The number of nitrogens with one attached hydrogen (secondary N) is 1. The minimum Gasteiger partial charge on any atom is -0.312 e. The molecule has 0 saturated carbocycles. The van der Waals surface area contributed by atoms with Gasteiger partial charge in [-0.1, -0.05) is 24.3 Å². The molecule has 18 heavy (non-hydrogen) atoms. The monoisotopic (exact) mass is 241 g/mol. The lowest BCUT2D eigenvalue weighted by Gasteiger charge is -2.31. The van der Waals surface area contributed by atoms with Crippen LogP contribution < -0.4 is 5.32 Å². The molecule has 2 aromatic rings. The molecule has 1 unspecified atom stereocenters. The molecule has 0 amide bonds. The zero-order chi connectivity index (χ0) is 12.4. The number of benzene rings is 1. The van der Waals surface area contributed by atoms with Gasteiger partial charge in [-0.3, -0.25) is 9.88 Å². The van der Waals surface area contributed by atoms with E-state index in [1.165, 1.54) is 11.1 Å². The van der Waals surface area contributed by atoms with Crippen molar-refractivity contribution in [1.82, 2.24) is 15.2 Å². The number of para-hydroxylation sites is 1. The number of hydrogen-bond donors (Lipinski definition) is 1. The molecule has 3 heteroatoms. The molecule has 1 N–H and O–H groups in total. The third kappa shape index (κ3) is 2.52. The molecule has 1 atom stereocenters. The van der Waals surface area contributed by atoms with Crippen LogP contribution >= 0.6 is 0 Å². The van der Waals surface area contributed by atoms with Gasteiger partial charge in [0.2, 0.25) is 0 Å². The van der Waals surface area contributed by atoms with Crippen molar-refractivity contribution in [2.45, 2.75) is 19.5 Å². The van der Waals surface area contributed by atoms with Gasteiger partial charge in [-0.25, -0.2) is 0 Å². The molecule has 2 heterocycles. The quantitative estimate of drug-likeness (QED) is 0.872. The van der Waals surface area contributed by atoms with Crippen molar-refractivity contribution < 1.29 is 0 Å². The molecule has 1 fully saturated rings. The van der Waals surface area contributed by atoms with Crippen LogP contribution in [0, 0.1) is 0 Å². The zero-order valence-corrected chi connectivity index (χ0v) is 10.8. The van der Waals surface area contributed by atoms with Gasteiger partial charge in [0.05, 0.1) is 11.2 Å². The van der Waals surface area contributed by atoms with E-state index >= 15 is 0 Å². The second-order valence-electron chi connectivity index (χ2n) is 5.09. The van der Waals surface area contributed by atoms with Crippen LogP contribution in [0.4, 0.5) is 0 Å². The van der Waals surface area contributed by atoms with Crippen molar-refractivity contribution >= 4 is 10.9 Å². The largest absolute Gasteiger partial charge is 0.312 e. The zero-order valence-electron chi connectivity index (χ0n) is 10.8. The Morgan fingerprint density at radius 1 is 1.28 bits per heavy atom. The van der Waals surface area contributed by atoms with Crippen LogP contribution in [0.3, 0.4) is 0 Å². The number of hydrogen-bond acceptors (Lipinski definition) is 3. The molecule has 0 radical (unpaired) electrons. The third-order valence-electron chi connectivity index (χ3n) is 3.49. The Morgan fingerprint density at radius 2 is 2.17 bits per heavy atom. The standard InChI is InChI=1S/C15H19N3/c1-12-10-18(9-8-16-12)11-14-7-6-13-4-2-3-5-15(13)17-14/h2-7,12,16H,8-11H2,1H3. The van der Waals surface area contributed by atoms with Crippen LogP contribution in [0.15, 0.2) is 36.4 Å². The van der Waals surface area contributed by atoms with Gasteiger partial charge in [-0.05, 0) is 19.1 Å². The van der Waals surface area contributed by atoms with Gasteiger partial charge in [-0.15, -0.1) is 0 Å². The number of nitrogens with zero attached hydrogens (tertiary/aromatic N) is 2. The summed E-state index contributed by atoms with van der Waals surface area (Å²) in [6.07, 6.45) is 0. The van der Waals surface area contributed by atoms with Crippen molar-refractivity contribution in [1.29, 1.82) is 0 Å². The first-order valence-electron chi connectivity index (χ1n) is 6.62. The highest BCUT2D eigenvalue weighted by Crippen LogP contribution is 2.13. The van der Waals surface area contributed by atoms with E-state index in [0.717, 1.165) is 31.7 Å². The normalized spacial score (nSPS) is 21.3. The fraction of sp³-hybridized carbons (Fsp3) is 0.400. The van der Waals surface area contributed by atoms with Crippen LogP contribution in [0.1, 0.15) is 12.6 Å². The molecular formula is C15H19N3. The summed E-state index contributed by atoms with van der Waals surface area (Å²) in [5.74, 6) is 0. The Labute approximate surface area is 108 Å². The molecule has 1 saturated heterocycles. The molecule has 0 spiro atoms. The van der Waals surface area contributed by atoms with Gasteiger partial charge in [0.1, 0.15) is 0 Å². The maximum absolute atomic E-state index is 4.73. The second kappa shape index (κ2) is 5.04. The molecule has 1 aliphatic rings. The van der Waals surface area contributed by atoms with E-state index in [-0.39, 0.29) is 0 Å². The molecule has 0 bridgehead atoms. The smallest absolute Gasteiger partial charge is 0.0705 e. The Morgan fingerprint density at radius 3 is 3.06 bits per heavy atom. The minimum atomic E-state index is 0.583. The van der Waals surface area contributed by atoms with Crippen LogP contribution in [0.5, 0.6) is 0 Å². The molecule has 1 aromatic carbocycles. The van der Waals surface area contributed by atoms with Gasteiger partial charge in [-0.2, -0.15) is 0 Å². The van der Waals surface area contributed by atoms with Crippen molar-refractivity contribution in [2.75, 3.05) is 19.6 Å². The highest BCUT2D eigenvalue weighted by atomic mass is 15.2. The number of rotatable bonds is 2. The Hall–Kier alpha value is -1.45. The number of piperazine rings is 1. The molecule has 0 aliphatic carbocycles. The van der Waals surface area contributed by atoms with Crippen LogP contribution in [0.2, 0.25) is 0 Å². The summed E-state index contributed by atoms with van der Waals surface area (Å²) >= 11 is 0. The van der Waals surface area contributed by atoms with Crippen LogP contribution in [0.25, 0.3) is 10.9 Å². The topological polar surface area (TPSA) is 28.2 Å². The molecule has 94 valence electrons. The third-order valence-corrected chi connectivity index (χ3v) is 3.49. The number of pyridine rings is 1. The molecule has 1 aliphatic heterocycles. The van der Waals surface area contributed by atoms with E-state index in [4.69, 9.17) is 4.98 Å². The maximum atomic E-state index is 4.73. The Kier molecular flexibility index (Phi) is 3.26. The van der Waals surface area contributed by atoms with Gasteiger partial charge in [0, 0.05) is 37.6 Å². The van der Waals surface area contributed by atoms with Crippen LogP contribution in [-0.4, -0.2) is 35.6 Å². The highest BCUT2D eigenvalue weighted by Gasteiger charge is 2.15. The summed E-state index contributed by atoms with van der Waals surface area (Å²) in [5.41, 5.74) is 2.26. The summed E-state index contributed by atoms with van der Waals surface area (Å²) in [6.45, 7) is 6.49. The summed E-state index contributed by atoms with van der Waals surface area (Å²) in [6, 6.07) is 13.2. The summed E-state index contributed by atoms with van der Waals surface area (Å²) < 4.78 is 0. The summed E-state index contributed by atoms with van der Waals surface area (Å²) in [4.78, 5) is 7.20. The Bertz CT molecular complexity index is 538. The first-order valence-corrected chi connectivity index (χ1v) is 6.62. The van der Waals surface area contributed by atoms with Crippen molar-refractivity contribution in [3.63, 3.8) is 0 Å². The minimum absolute atomic E-state index is 0.583. The molecule has 3 rings (SSSR count). The number of aromatic nitrogens is 1. The van der Waals surface area contributed by atoms with E-state index < -0.39 is 0 Å². The highest BCUT2D eigenvalue weighted by molar-refractivity contribution is 5.78. The SMILES string of the molecule is CC1CN(Cc2ccc3ccccc3n2)CCN1. The molecule has 3 nitrogen and oxygen atoms in total. The molecular weight excluding hydrogens is 222 g/mol. The molecule has 1 aromatic heterocycles. The predicted molar refractivity (Wildman–Crippen MR) is 74.5 cm³/mol. The average Bonchev–Trinajstić information content (AvgIpc) is 2.39. The maximum Gasteiger partial charge on any atom is 0.0705 e. The van der Waals surface area contributed by atoms with Crippen molar-refractivity contribution in [3.05, 3.63) is 42.1 Å². The predicted octanol–water partition coefficient (Wildman–Crippen LogP) is 2.03. The average molecular weight is 241 g/mol. The fourth-order valence-electron chi connectivity index (χ4n) is 2.58. The van der Waals surface area contributed by atoms with E-state index in [1.807, 2.05) is 6.07 Å². The lowest BCUT2D eigenvalue weighted by molar-refractivity contribution is 0.198.